The summed E-state index contributed by atoms with van der Waals surface area (Å²) in [5, 5.41) is 3.76. The second kappa shape index (κ2) is 7.23. The van der Waals surface area contributed by atoms with Crippen molar-refractivity contribution in [3.63, 3.8) is 0 Å². The summed E-state index contributed by atoms with van der Waals surface area (Å²) >= 11 is 0. The van der Waals surface area contributed by atoms with E-state index >= 15 is 0 Å². The molecule has 2 saturated heterocycles. The second-order valence-electron chi connectivity index (χ2n) is 6.53. The van der Waals surface area contributed by atoms with E-state index in [1.54, 1.807) is 0 Å². The third-order valence-electron chi connectivity index (χ3n) is 4.44. The molecule has 2 fully saturated rings. The molecule has 0 aromatic rings. The van der Waals surface area contributed by atoms with Gasteiger partial charge in [-0.2, -0.15) is 0 Å². The molecule has 0 bridgehead atoms. The van der Waals surface area contributed by atoms with E-state index in [0.717, 1.165) is 19.5 Å². The number of hydrogen-bond acceptors (Lipinski definition) is 3. The minimum atomic E-state index is 0.291. The van der Waals surface area contributed by atoms with Crippen molar-refractivity contribution in [1.82, 2.24) is 15.1 Å². The van der Waals surface area contributed by atoms with Crippen LogP contribution in [0.4, 0.5) is 0 Å². The van der Waals surface area contributed by atoms with Crippen molar-refractivity contribution >= 4 is 5.91 Å². The van der Waals surface area contributed by atoms with E-state index in [2.05, 4.69) is 30.1 Å². The highest BCUT2D eigenvalue weighted by molar-refractivity contribution is 5.76. The van der Waals surface area contributed by atoms with Gasteiger partial charge in [-0.15, -0.1) is 0 Å². The molecule has 0 aromatic carbocycles. The maximum atomic E-state index is 11.5. The third-order valence-corrected chi connectivity index (χ3v) is 4.44. The van der Waals surface area contributed by atoms with Gasteiger partial charge in [0, 0.05) is 38.6 Å². The molecular formula is C16H29N3O. The number of likely N-dealkylation sites (tertiary alicyclic amines) is 2. The maximum absolute atomic E-state index is 11.5. The van der Waals surface area contributed by atoms with E-state index in [9.17, 15) is 4.79 Å². The molecule has 0 aliphatic carbocycles. The molecule has 1 unspecified atom stereocenters. The lowest BCUT2D eigenvalue weighted by Gasteiger charge is -2.37. The minimum absolute atomic E-state index is 0.291. The number of rotatable bonds is 4. The largest absolute Gasteiger partial charge is 0.344 e. The molecule has 4 nitrogen and oxygen atoms in total. The summed E-state index contributed by atoms with van der Waals surface area (Å²) in [5.74, 6) is 0.291. The van der Waals surface area contributed by atoms with Gasteiger partial charge in [-0.3, -0.25) is 9.69 Å². The fraction of sp³-hybridized carbons (Fsp3) is 0.812. The van der Waals surface area contributed by atoms with Crippen molar-refractivity contribution < 1.29 is 4.79 Å². The molecule has 0 saturated carbocycles. The van der Waals surface area contributed by atoms with Crippen LogP contribution in [0.5, 0.6) is 0 Å². The molecule has 0 radical (unpaired) electrons. The van der Waals surface area contributed by atoms with Crippen molar-refractivity contribution in [3.8, 4) is 0 Å². The van der Waals surface area contributed by atoms with E-state index in [1.165, 1.54) is 31.5 Å². The summed E-state index contributed by atoms with van der Waals surface area (Å²) < 4.78 is 0. The van der Waals surface area contributed by atoms with Crippen LogP contribution in [0.15, 0.2) is 11.6 Å². The van der Waals surface area contributed by atoms with Crippen molar-refractivity contribution in [2.75, 3.05) is 33.2 Å². The Labute approximate surface area is 123 Å². The van der Waals surface area contributed by atoms with E-state index in [4.69, 9.17) is 0 Å². The van der Waals surface area contributed by atoms with Gasteiger partial charge in [0.05, 0.1) is 0 Å². The number of carbonyl (C=O) groups is 1. The van der Waals surface area contributed by atoms with Crippen molar-refractivity contribution in [3.05, 3.63) is 11.6 Å². The summed E-state index contributed by atoms with van der Waals surface area (Å²) in [6.45, 7) is 8.66. The average Bonchev–Trinajstić information content (AvgIpc) is 2.42. The van der Waals surface area contributed by atoms with Gasteiger partial charge in [0.25, 0.3) is 0 Å². The Hall–Kier alpha value is -0.870. The van der Waals surface area contributed by atoms with Gasteiger partial charge in [-0.1, -0.05) is 11.6 Å². The first-order valence-corrected chi connectivity index (χ1v) is 7.90. The van der Waals surface area contributed by atoms with E-state index < -0.39 is 0 Å². The molecule has 20 heavy (non-hydrogen) atoms. The van der Waals surface area contributed by atoms with Crippen LogP contribution < -0.4 is 5.32 Å². The van der Waals surface area contributed by atoms with Gasteiger partial charge in [0.2, 0.25) is 5.91 Å². The Balaban J connectivity index is 1.69. The van der Waals surface area contributed by atoms with Crippen LogP contribution in [0.3, 0.4) is 0 Å². The monoisotopic (exact) mass is 279 g/mol. The Morgan fingerprint density at radius 3 is 2.55 bits per heavy atom. The quantitative estimate of drug-likeness (QED) is 0.795. The standard InChI is InChI=1S/C16H29N3O/c1-13(2)6-9-19-10-7-14(8-11-19)17-15-4-5-16(20)18(3)12-15/h6,14-15,17H,4-5,7-12H2,1-3H3. The number of hydrogen-bond donors (Lipinski definition) is 1. The summed E-state index contributed by atoms with van der Waals surface area (Å²) in [4.78, 5) is 15.9. The van der Waals surface area contributed by atoms with Crippen LogP contribution in [-0.4, -0.2) is 61.0 Å². The molecule has 2 aliphatic rings. The van der Waals surface area contributed by atoms with Crippen molar-refractivity contribution in [2.45, 2.75) is 51.6 Å². The SMILES string of the molecule is CC(C)=CCN1CCC(NC2CCC(=O)N(C)C2)CC1. The Bertz CT molecular complexity index is 355. The van der Waals surface area contributed by atoms with Crippen LogP contribution in [0.2, 0.25) is 0 Å². The fourth-order valence-electron chi connectivity index (χ4n) is 3.08. The smallest absolute Gasteiger partial charge is 0.222 e. The molecule has 2 rings (SSSR count). The predicted molar refractivity (Wildman–Crippen MR) is 82.7 cm³/mol. The first kappa shape index (κ1) is 15.5. The van der Waals surface area contributed by atoms with Gasteiger partial charge in [-0.25, -0.2) is 0 Å². The number of amides is 1. The lowest BCUT2D eigenvalue weighted by molar-refractivity contribution is -0.132. The molecule has 4 heteroatoms. The van der Waals surface area contributed by atoms with Crippen LogP contribution in [0.25, 0.3) is 0 Å². The maximum Gasteiger partial charge on any atom is 0.222 e. The fourth-order valence-corrected chi connectivity index (χ4v) is 3.08. The van der Waals surface area contributed by atoms with E-state index in [1.807, 2.05) is 11.9 Å². The Morgan fingerprint density at radius 1 is 1.25 bits per heavy atom. The van der Waals surface area contributed by atoms with Crippen LogP contribution in [0, 0.1) is 0 Å². The molecule has 1 N–H and O–H groups in total. The highest BCUT2D eigenvalue weighted by Gasteiger charge is 2.26. The molecule has 2 heterocycles. The molecule has 114 valence electrons. The molecule has 0 aromatic heterocycles. The first-order chi connectivity index (χ1) is 9.54. The topological polar surface area (TPSA) is 35.6 Å². The molecule has 0 spiro atoms. The Morgan fingerprint density at radius 2 is 1.95 bits per heavy atom. The highest BCUT2D eigenvalue weighted by Crippen LogP contribution is 2.15. The number of carbonyl (C=O) groups excluding carboxylic acids is 1. The van der Waals surface area contributed by atoms with Crippen LogP contribution in [-0.2, 0) is 4.79 Å². The van der Waals surface area contributed by atoms with Gasteiger partial charge < -0.3 is 10.2 Å². The third kappa shape index (κ3) is 4.60. The predicted octanol–water partition coefficient (Wildman–Crippen LogP) is 1.63. The summed E-state index contributed by atoms with van der Waals surface area (Å²) in [7, 11) is 1.91. The van der Waals surface area contributed by atoms with Gasteiger partial charge >= 0.3 is 0 Å². The molecule has 1 amide bonds. The van der Waals surface area contributed by atoms with Gasteiger partial charge in [0.1, 0.15) is 0 Å². The lowest BCUT2D eigenvalue weighted by atomic mass is 10.00. The zero-order valence-corrected chi connectivity index (χ0v) is 13.2. The van der Waals surface area contributed by atoms with Crippen molar-refractivity contribution in [1.29, 1.82) is 0 Å². The number of nitrogens with zero attached hydrogens (tertiary/aromatic N) is 2. The minimum Gasteiger partial charge on any atom is -0.344 e. The number of nitrogens with one attached hydrogen (secondary N) is 1. The van der Waals surface area contributed by atoms with Gasteiger partial charge in [-0.05, 0) is 46.2 Å². The first-order valence-electron chi connectivity index (χ1n) is 7.90. The van der Waals surface area contributed by atoms with E-state index in [0.29, 0.717) is 24.4 Å². The van der Waals surface area contributed by atoms with Crippen LogP contribution in [0.1, 0.15) is 39.5 Å². The second-order valence-corrected chi connectivity index (χ2v) is 6.53. The number of likely N-dealkylation sites (N-methyl/N-ethyl adjacent to an activating group) is 1. The van der Waals surface area contributed by atoms with E-state index in [-0.39, 0.29) is 0 Å². The summed E-state index contributed by atoms with van der Waals surface area (Å²) in [5.41, 5.74) is 1.40. The lowest BCUT2D eigenvalue weighted by Crippen LogP contribution is -2.52. The summed E-state index contributed by atoms with van der Waals surface area (Å²) in [6.07, 6.45) is 6.47. The molecule has 2 aliphatic heterocycles. The van der Waals surface area contributed by atoms with Gasteiger partial charge in [0.15, 0.2) is 0 Å². The average molecular weight is 279 g/mol. The normalized spacial score (nSPS) is 25.9. The molecule has 1 atom stereocenters. The van der Waals surface area contributed by atoms with Crippen LogP contribution >= 0.6 is 0 Å². The Kier molecular flexibility index (Phi) is 5.61. The number of piperidine rings is 2. The zero-order chi connectivity index (χ0) is 14.5. The zero-order valence-electron chi connectivity index (χ0n) is 13.2. The molecular weight excluding hydrogens is 250 g/mol. The number of allylic oxidation sites excluding steroid dienone is 1. The van der Waals surface area contributed by atoms with Crippen molar-refractivity contribution in [2.24, 2.45) is 0 Å². The highest BCUT2D eigenvalue weighted by atomic mass is 16.2. The summed E-state index contributed by atoms with van der Waals surface area (Å²) in [6, 6.07) is 1.12.